The van der Waals surface area contributed by atoms with Crippen LogP contribution in [0.25, 0.3) is 0 Å². The van der Waals surface area contributed by atoms with Crippen molar-refractivity contribution in [1.82, 2.24) is 4.90 Å². The van der Waals surface area contributed by atoms with Crippen LogP contribution in [-0.2, 0) is 14.3 Å². The first-order valence-corrected chi connectivity index (χ1v) is 4.90. The molecule has 0 saturated heterocycles. The molecule has 0 N–H and O–H groups in total. The van der Waals surface area contributed by atoms with Gasteiger partial charge in [0.15, 0.2) is 0 Å². The van der Waals surface area contributed by atoms with Crippen molar-refractivity contribution in [2.75, 3.05) is 13.2 Å². The van der Waals surface area contributed by atoms with Crippen LogP contribution in [0.2, 0.25) is 0 Å². The standard InChI is InChI=1S/C11H15NO3/c1-4-6-12-8(3)9(7-10(12)13)11(14)15-5-2/h4H,1,5-7H2,2-3H3. The topological polar surface area (TPSA) is 46.6 Å². The molecule has 1 aliphatic rings. The van der Waals surface area contributed by atoms with Crippen molar-refractivity contribution in [1.29, 1.82) is 0 Å². The zero-order chi connectivity index (χ0) is 11.4. The molecule has 1 heterocycles. The molecule has 0 aromatic heterocycles. The summed E-state index contributed by atoms with van der Waals surface area (Å²) >= 11 is 0. The molecule has 4 nitrogen and oxygen atoms in total. The van der Waals surface area contributed by atoms with Crippen molar-refractivity contribution >= 4 is 11.9 Å². The molecule has 0 radical (unpaired) electrons. The molecule has 0 aromatic rings. The van der Waals surface area contributed by atoms with Crippen molar-refractivity contribution in [2.24, 2.45) is 0 Å². The highest BCUT2D eigenvalue weighted by Gasteiger charge is 2.30. The van der Waals surface area contributed by atoms with Gasteiger partial charge in [0.2, 0.25) is 5.91 Å². The van der Waals surface area contributed by atoms with Crippen LogP contribution in [0.5, 0.6) is 0 Å². The van der Waals surface area contributed by atoms with Crippen LogP contribution in [0, 0.1) is 0 Å². The van der Waals surface area contributed by atoms with E-state index >= 15 is 0 Å². The zero-order valence-corrected chi connectivity index (χ0v) is 9.08. The lowest BCUT2D eigenvalue weighted by Gasteiger charge is -2.14. The van der Waals surface area contributed by atoms with E-state index in [4.69, 9.17) is 4.74 Å². The quantitative estimate of drug-likeness (QED) is 0.517. The number of amides is 1. The maximum absolute atomic E-state index is 11.5. The van der Waals surface area contributed by atoms with E-state index in [0.29, 0.717) is 24.4 Å². The van der Waals surface area contributed by atoms with Gasteiger partial charge in [-0.1, -0.05) is 6.08 Å². The SMILES string of the molecule is C=CCN1C(=O)CC(C(=O)OCC)=C1C. The van der Waals surface area contributed by atoms with Crippen molar-refractivity contribution < 1.29 is 14.3 Å². The number of esters is 1. The van der Waals surface area contributed by atoms with Crippen molar-refractivity contribution in [3.8, 4) is 0 Å². The summed E-state index contributed by atoms with van der Waals surface area (Å²) < 4.78 is 4.87. The van der Waals surface area contributed by atoms with E-state index in [-0.39, 0.29) is 12.3 Å². The molecule has 0 unspecified atom stereocenters. The number of allylic oxidation sites excluding steroid dienone is 1. The number of rotatable bonds is 4. The van der Waals surface area contributed by atoms with Gasteiger partial charge in [0.05, 0.1) is 18.6 Å². The Morgan fingerprint density at radius 3 is 2.87 bits per heavy atom. The summed E-state index contributed by atoms with van der Waals surface area (Å²) in [5.74, 6) is -0.467. The lowest BCUT2D eigenvalue weighted by Crippen LogP contribution is -2.23. The van der Waals surface area contributed by atoms with E-state index < -0.39 is 5.97 Å². The summed E-state index contributed by atoms with van der Waals surface area (Å²) in [6.07, 6.45) is 1.77. The smallest absolute Gasteiger partial charge is 0.336 e. The molecule has 15 heavy (non-hydrogen) atoms. The van der Waals surface area contributed by atoms with Gasteiger partial charge in [-0.2, -0.15) is 0 Å². The third kappa shape index (κ3) is 2.26. The number of hydrogen-bond acceptors (Lipinski definition) is 3. The van der Waals surface area contributed by atoms with Crippen LogP contribution in [0.1, 0.15) is 20.3 Å². The Balaban J connectivity index is 2.85. The van der Waals surface area contributed by atoms with E-state index in [0.717, 1.165) is 0 Å². The fourth-order valence-corrected chi connectivity index (χ4v) is 1.53. The van der Waals surface area contributed by atoms with E-state index in [9.17, 15) is 9.59 Å². The molecule has 4 heteroatoms. The van der Waals surface area contributed by atoms with Gasteiger partial charge in [0, 0.05) is 12.2 Å². The maximum Gasteiger partial charge on any atom is 0.336 e. The van der Waals surface area contributed by atoms with Crippen LogP contribution >= 0.6 is 0 Å². The van der Waals surface area contributed by atoms with Gasteiger partial charge < -0.3 is 9.64 Å². The highest BCUT2D eigenvalue weighted by atomic mass is 16.5. The number of hydrogen-bond donors (Lipinski definition) is 0. The van der Waals surface area contributed by atoms with Gasteiger partial charge in [-0.3, -0.25) is 4.79 Å². The fraction of sp³-hybridized carbons (Fsp3) is 0.455. The van der Waals surface area contributed by atoms with Gasteiger partial charge >= 0.3 is 5.97 Å². The Hall–Kier alpha value is -1.58. The Labute approximate surface area is 89.2 Å². The molecule has 0 atom stereocenters. The Morgan fingerprint density at radius 1 is 1.67 bits per heavy atom. The summed E-state index contributed by atoms with van der Waals surface area (Å²) in [7, 11) is 0. The largest absolute Gasteiger partial charge is 0.463 e. The Kier molecular flexibility index (Phi) is 3.66. The summed E-state index contributed by atoms with van der Waals surface area (Å²) in [6.45, 7) is 7.82. The molecule has 1 rings (SSSR count). The third-order valence-electron chi connectivity index (χ3n) is 2.30. The minimum absolute atomic E-state index is 0.0737. The molecule has 0 fully saturated rings. The molecule has 0 aromatic carbocycles. The molecule has 1 amide bonds. The second kappa shape index (κ2) is 4.77. The first-order chi connectivity index (χ1) is 7.11. The monoisotopic (exact) mass is 209 g/mol. The lowest BCUT2D eigenvalue weighted by atomic mass is 10.2. The molecule has 0 saturated carbocycles. The molecule has 0 aliphatic carbocycles. The second-order valence-corrected chi connectivity index (χ2v) is 3.25. The number of carbonyl (C=O) groups is 2. The number of nitrogens with zero attached hydrogens (tertiary/aromatic N) is 1. The van der Waals surface area contributed by atoms with Crippen molar-refractivity contribution in [3.63, 3.8) is 0 Å². The maximum atomic E-state index is 11.5. The van der Waals surface area contributed by atoms with Crippen molar-refractivity contribution in [2.45, 2.75) is 20.3 Å². The summed E-state index contributed by atoms with van der Waals surface area (Å²) in [4.78, 5) is 24.5. The summed E-state index contributed by atoms with van der Waals surface area (Å²) in [5, 5.41) is 0. The molecule has 82 valence electrons. The van der Waals surface area contributed by atoms with Crippen molar-refractivity contribution in [3.05, 3.63) is 23.9 Å². The zero-order valence-electron chi connectivity index (χ0n) is 9.08. The van der Waals surface area contributed by atoms with E-state index in [1.54, 1.807) is 24.8 Å². The van der Waals surface area contributed by atoms with Crippen LogP contribution in [0.3, 0.4) is 0 Å². The Morgan fingerprint density at radius 2 is 2.33 bits per heavy atom. The highest BCUT2D eigenvalue weighted by Crippen LogP contribution is 2.24. The first-order valence-electron chi connectivity index (χ1n) is 4.90. The minimum Gasteiger partial charge on any atom is -0.463 e. The average molecular weight is 209 g/mol. The molecular formula is C11H15NO3. The Bertz CT molecular complexity index is 331. The van der Waals surface area contributed by atoms with E-state index in [1.165, 1.54) is 0 Å². The third-order valence-corrected chi connectivity index (χ3v) is 2.30. The normalized spacial score (nSPS) is 15.9. The number of ether oxygens (including phenoxy) is 1. The van der Waals surface area contributed by atoms with Crippen LogP contribution in [0.4, 0.5) is 0 Å². The summed E-state index contributed by atoms with van der Waals surface area (Å²) in [6, 6.07) is 0. The predicted molar refractivity (Wildman–Crippen MR) is 55.9 cm³/mol. The first kappa shape index (κ1) is 11.5. The van der Waals surface area contributed by atoms with Gasteiger partial charge in [-0.25, -0.2) is 4.79 Å². The number of carbonyl (C=O) groups excluding carboxylic acids is 2. The van der Waals surface area contributed by atoms with Crippen LogP contribution in [0.15, 0.2) is 23.9 Å². The van der Waals surface area contributed by atoms with Crippen LogP contribution < -0.4 is 0 Å². The predicted octanol–water partition coefficient (Wildman–Crippen LogP) is 1.24. The highest BCUT2D eigenvalue weighted by molar-refractivity contribution is 6.00. The molecular weight excluding hydrogens is 194 g/mol. The van der Waals surface area contributed by atoms with Crippen LogP contribution in [-0.4, -0.2) is 29.9 Å². The summed E-state index contributed by atoms with van der Waals surface area (Å²) in [5.41, 5.74) is 1.14. The van der Waals surface area contributed by atoms with E-state index in [2.05, 4.69) is 6.58 Å². The molecule has 1 aliphatic heterocycles. The molecule has 0 bridgehead atoms. The van der Waals surface area contributed by atoms with Gasteiger partial charge in [-0.05, 0) is 13.8 Å². The fourth-order valence-electron chi connectivity index (χ4n) is 1.53. The second-order valence-electron chi connectivity index (χ2n) is 3.25. The molecule has 0 spiro atoms. The lowest BCUT2D eigenvalue weighted by molar-refractivity contribution is -0.139. The average Bonchev–Trinajstić information content (AvgIpc) is 2.47. The van der Waals surface area contributed by atoms with Gasteiger partial charge in [0.1, 0.15) is 0 Å². The minimum atomic E-state index is -0.394. The van der Waals surface area contributed by atoms with Gasteiger partial charge in [0.25, 0.3) is 0 Å². The van der Waals surface area contributed by atoms with E-state index in [1.807, 2.05) is 0 Å². The van der Waals surface area contributed by atoms with Gasteiger partial charge in [-0.15, -0.1) is 6.58 Å².